The van der Waals surface area contributed by atoms with E-state index in [1.165, 1.54) is 6.92 Å². The minimum Gasteiger partial charge on any atom is -0.378 e. The smallest absolute Gasteiger partial charge is 0.193 e. The minimum absolute atomic E-state index is 0.0677. The van der Waals surface area contributed by atoms with Crippen molar-refractivity contribution < 1.29 is 9.53 Å². The van der Waals surface area contributed by atoms with Gasteiger partial charge >= 0.3 is 0 Å². The van der Waals surface area contributed by atoms with Crippen molar-refractivity contribution in [2.75, 3.05) is 32.8 Å². The summed E-state index contributed by atoms with van der Waals surface area (Å²) in [6.07, 6.45) is 0. The fourth-order valence-corrected chi connectivity index (χ4v) is 2.04. The molecule has 0 aliphatic carbocycles. The molecule has 0 aromatic carbocycles. The Bertz CT molecular complexity index is 321. The number of aliphatic imine (C=N–C) groups is 2. The number of hydrogen-bond acceptors (Lipinski definition) is 5. The lowest BCUT2D eigenvalue weighted by Gasteiger charge is -2.32. The van der Waals surface area contributed by atoms with Crippen molar-refractivity contribution in [1.29, 1.82) is 0 Å². The molecule has 1 saturated heterocycles. The lowest BCUT2D eigenvalue weighted by atomic mass is 10.5. The Morgan fingerprint density at radius 3 is 2.87 bits per heavy atom. The summed E-state index contributed by atoms with van der Waals surface area (Å²) in [5.41, 5.74) is 0. The molecule has 82 valence electrons. The summed E-state index contributed by atoms with van der Waals surface area (Å²) in [5, 5.41) is 1.72. The number of Topliss-reactive ketones (excluding diaryl/α,β-unsaturated/α-hetero) is 1. The van der Waals surface area contributed by atoms with Gasteiger partial charge in [-0.3, -0.25) is 9.79 Å². The third-order valence-corrected chi connectivity index (χ3v) is 3.03. The quantitative estimate of drug-likeness (QED) is 0.684. The number of carbonyl (C=O) groups excluding carboxylic acids is 1. The molecular formula is C9H13N3O2S. The van der Waals surface area contributed by atoms with Crippen LogP contribution in [0.4, 0.5) is 0 Å². The summed E-state index contributed by atoms with van der Waals surface area (Å²) in [6.45, 7) is 5.08. The molecule has 0 spiro atoms. The SMILES string of the molecule is CC(=O)CN=C1N=C(N2CCOCC2)S1. The average Bonchev–Trinajstić information content (AvgIpc) is 2.16. The van der Waals surface area contributed by atoms with Gasteiger partial charge in [0.25, 0.3) is 0 Å². The van der Waals surface area contributed by atoms with Gasteiger partial charge in [-0.25, -0.2) is 0 Å². The predicted octanol–water partition coefficient (Wildman–Crippen LogP) is 0.366. The number of nitrogens with zero attached hydrogens (tertiary/aromatic N) is 3. The zero-order chi connectivity index (χ0) is 10.7. The van der Waals surface area contributed by atoms with Gasteiger partial charge in [0.15, 0.2) is 16.1 Å². The zero-order valence-corrected chi connectivity index (χ0v) is 9.42. The summed E-state index contributed by atoms with van der Waals surface area (Å²) in [7, 11) is 0. The van der Waals surface area contributed by atoms with Gasteiger partial charge in [0.2, 0.25) is 0 Å². The maximum atomic E-state index is 10.7. The summed E-state index contributed by atoms with van der Waals surface area (Å²) < 4.78 is 5.24. The number of thioether (sulfide) groups is 1. The summed E-state index contributed by atoms with van der Waals surface area (Å²) in [5.74, 6) is 0.0677. The molecule has 0 aromatic rings. The number of rotatable bonds is 2. The van der Waals surface area contributed by atoms with Gasteiger partial charge in [-0.15, -0.1) is 0 Å². The molecule has 0 saturated carbocycles. The Hall–Kier alpha value is -0.880. The molecular weight excluding hydrogens is 214 g/mol. The normalized spacial score (nSPS) is 23.7. The van der Waals surface area contributed by atoms with Gasteiger partial charge in [-0.05, 0) is 18.7 Å². The standard InChI is InChI=1S/C9H13N3O2S/c1-7(13)6-10-8-11-9(15-8)12-2-4-14-5-3-12/h2-6H2,1H3. The monoisotopic (exact) mass is 227 g/mol. The first-order chi connectivity index (χ1) is 7.25. The van der Waals surface area contributed by atoms with Crippen molar-refractivity contribution in [2.24, 2.45) is 9.98 Å². The molecule has 0 radical (unpaired) electrons. The van der Waals surface area contributed by atoms with Crippen LogP contribution in [0.1, 0.15) is 6.92 Å². The molecule has 0 bridgehead atoms. The van der Waals surface area contributed by atoms with Crippen LogP contribution in [0.3, 0.4) is 0 Å². The highest BCUT2D eigenvalue weighted by atomic mass is 32.2. The highest BCUT2D eigenvalue weighted by molar-refractivity contribution is 8.28. The Morgan fingerprint density at radius 2 is 2.27 bits per heavy atom. The second-order valence-corrected chi connectivity index (χ2v) is 4.33. The van der Waals surface area contributed by atoms with Crippen molar-refractivity contribution in [2.45, 2.75) is 6.92 Å². The Balaban J connectivity index is 1.85. The minimum atomic E-state index is 0.0677. The molecule has 6 heteroatoms. The van der Waals surface area contributed by atoms with Crippen molar-refractivity contribution in [3.63, 3.8) is 0 Å². The van der Waals surface area contributed by atoms with E-state index in [9.17, 15) is 4.79 Å². The Labute approximate surface area is 92.6 Å². The van der Waals surface area contributed by atoms with E-state index in [2.05, 4.69) is 14.9 Å². The zero-order valence-electron chi connectivity index (χ0n) is 8.60. The first-order valence-electron chi connectivity index (χ1n) is 4.89. The van der Waals surface area contributed by atoms with Crippen LogP contribution < -0.4 is 0 Å². The van der Waals surface area contributed by atoms with Crippen LogP contribution in [-0.2, 0) is 9.53 Å². The fourth-order valence-electron chi connectivity index (χ4n) is 1.31. The Kier molecular flexibility index (Phi) is 3.37. The van der Waals surface area contributed by atoms with E-state index >= 15 is 0 Å². The maximum absolute atomic E-state index is 10.7. The third kappa shape index (κ3) is 2.79. The first kappa shape index (κ1) is 10.6. The summed E-state index contributed by atoms with van der Waals surface area (Å²) >= 11 is 1.54. The Morgan fingerprint density at radius 1 is 1.60 bits per heavy atom. The fraction of sp³-hybridized carbons (Fsp3) is 0.667. The van der Waals surface area contributed by atoms with E-state index in [-0.39, 0.29) is 12.3 Å². The van der Waals surface area contributed by atoms with Gasteiger partial charge in [-0.2, -0.15) is 4.99 Å². The molecule has 1 fully saturated rings. The van der Waals surface area contributed by atoms with E-state index in [1.54, 1.807) is 11.8 Å². The van der Waals surface area contributed by atoms with Crippen molar-refractivity contribution in [1.82, 2.24) is 4.90 Å². The van der Waals surface area contributed by atoms with E-state index in [1.807, 2.05) is 0 Å². The van der Waals surface area contributed by atoms with Crippen LogP contribution in [0, 0.1) is 0 Å². The second kappa shape index (κ2) is 4.76. The molecule has 5 nitrogen and oxygen atoms in total. The molecule has 2 aliphatic rings. The number of carbonyl (C=O) groups is 1. The molecule has 0 atom stereocenters. The van der Waals surface area contributed by atoms with E-state index in [4.69, 9.17) is 4.74 Å². The van der Waals surface area contributed by atoms with Crippen LogP contribution in [0.2, 0.25) is 0 Å². The number of hydrogen-bond donors (Lipinski definition) is 0. The molecule has 2 heterocycles. The molecule has 15 heavy (non-hydrogen) atoms. The van der Waals surface area contributed by atoms with Gasteiger partial charge in [0, 0.05) is 13.1 Å². The lowest BCUT2D eigenvalue weighted by molar-refractivity contribution is -0.115. The van der Waals surface area contributed by atoms with Crippen molar-refractivity contribution in [3.8, 4) is 0 Å². The number of morpholine rings is 1. The van der Waals surface area contributed by atoms with E-state index in [0.29, 0.717) is 5.17 Å². The molecule has 0 N–H and O–H groups in total. The average molecular weight is 227 g/mol. The van der Waals surface area contributed by atoms with Gasteiger partial charge < -0.3 is 9.64 Å². The highest BCUT2D eigenvalue weighted by Gasteiger charge is 2.24. The third-order valence-electron chi connectivity index (χ3n) is 2.09. The molecule has 0 aromatic heterocycles. The number of ether oxygens (including phenoxy) is 1. The summed E-state index contributed by atoms with van der Waals surface area (Å²) in [6, 6.07) is 0. The van der Waals surface area contributed by atoms with Crippen molar-refractivity contribution in [3.05, 3.63) is 0 Å². The van der Waals surface area contributed by atoms with Crippen LogP contribution in [0.15, 0.2) is 9.98 Å². The second-order valence-electron chi connectivity index (χ2n) is 3.40. The van der Waals surface area contributed by atoms with Crippen LogP contribution in [0.25, 0.3) is 0 Å². The lowest BCUT2D eigenvalue weighted by Crippen LogP contribution is -2.42. The predicted molar refractivity (Wildman–Crippen MR) is 60.4 cm³/mol. The molecule has 2 rings (SSSR count). The number of amidine groups is 2. The van der Waals surface area contributed by atoms with Gasteiger partial charge in [0.05, 0.1) is 13.2 Å². The first-order valence-corrected chi connectivity index (χ1v) is 5.70. The van der Waals surface area contributed by atoms with Gasteiger partial charge in [0.1, 0.15) is 6.54 Å². The summed E-state index contributed by atoms with van der Waals surface area (Å²) in [4.78, 5) is 21.2. The molecule has 0 amide bonds. The van der Waals surface area contributed by atoms with Crippen LogP contribution >= 0.6 is 11.8 Å². The van der Waals surface area contributed by atoms with Crippen LogP contribution in [0.5, 0.6) is 0 Å². The van der Waals surface area contributed by atoms with E-state index < -0.39 is 0 Å². The molecule has 0 unspecified atom stereocenters. The molecule has 2 aliphatic heterocycles. The van der Waals surface area contributed by atoms with E-state index in [0.717, 1.165) is 31.5 Å². The van der Waals surface area contributed by atoms with Crippen molar-refractivity contribution >= 4 is 27.9 Å². The maximum Gasteiger partial charge on any atom is 0.193 e. The van der Waals surface area contributed by atoms with Crippen LogP contribution in [-0.4, -0.2) is 53.9 Å². The highest BCUT2D eigenvalue weighted by Crippen LogP contribution is 2.23. The topological polar surface area (TPSA) is 54.3 Å². The number of ketones is 1. The largest absolute Gasteiger partial charge is 0.378 e. The van der Waals surface area contributed by atoms with Gasteiger partial charge in [-0.1, -0.05) is 0 Å².